The van der Waals surface area contributed by atoms with E-state index in [9.17, 15) is 13.2 Å². The number of nitrogens with one attached hydrogen (secondary N) is 1. The average Bonchev–Trinajstić information content (AvgIpc) is 2.14. The van der Waals surface area contributed by atoms with Gasteiger partial charge in [0, 0.05) is 13.1 Å². The van der Waals surface area contributed by atoms with Crippen molar-refractivity contribution in [1.29, 1.82) is 0 Å². The molecule has 0 aliphatic heterocycles. The number of carbonyl (C=O) groups is 1. The fourth-order valence-corrected chi connectivity index (χ4v) is 2.07. The lowest BCUT2D eigenvalue weighted by Gasteiger charge is -2.11. The van der Waals surface area contributed by atoms with E-state index in [0.29, 0.717) is 12.5 Å². The van der Waals surface area contributed by atoms with Crippen LogP contribution in [0.25, 0.3) is 0 Å². The maximum atomic E-state index is 11.5. The van der Waals surface area contributed by atoms with Crippen LogP contribution in [0.1, 0.15) is 27.2 Å². The molecule has 5 nitrogen and oxygen atoms in total. The highest BCUT2D eigenvalue weighted by molar-refractivity contribution is 7.92. The van der Waals surface area contributed by atoms with Crippen LogP contribution in [0.3, 0.4) is 0 Å². The average molecular weight is 250 g/mol. The molecule has 0 heterocycles. The first kappa shape index (κ1) is 15.4. The fraction of sp³-hybridized carbons (Fsp3) is 0.900. The molecule has 6 heteroatoms. The van der Waals surface area contributed by atoms with Crippen LogP contribution in [-0.2, 0) is 14.6 Å². The van der Waals surface area contributed by atoms with Crippen LogP contribution in [0.2, 0.25) is 0 Å². The first-order valence-corrected chi connectivity index (χ1v) is 7.19. The van der Waals surface area contributed by atoms with Gasteiger partial charge in [0.25, 0.3) is 0 Å². The van der Waals surface area contributed by atoms with Crippen LogP contribution >= 0.6 is 0 Å². The highest BCUT2D eigenvalue weighted by atomic mass is 32.2. The summed E-state index contributed by atoms with van der Waals surface area (Å²) in [6.07, 6.45) is 0.845. The Morgan fingerprint density at radius 2 is 1.88 bits per heavy atom. The van der Waals surface area contributed by atoms with Crippen LogP contribution in [0.4, 0.5) is 0 Å². The summed E-state index contributed by atoms with van der Waals surface area (Å²) in [5.74, 6) is -0.426. The summed E-state index contributed by atoms with van der Waals surface area (Å²) in [5, 5.41) is 1.93. The summed E-state index contributed by atoms with van der Waals surface area (Å²) in [6.45, 7) is 6.15. The first-order chi connectivity index (χ1) is 7.29. The predicted molar refractivity (Wildman–Crippen MR) is 64.8 cm³/mol. The molecule has 0 fully saturated rings. The molecule has 0 aliphatic carbocycles. The van der Waals surface area contributed by atoms with Gasteiger partial charge in [-0.25, -0.2) is 8.42 Å². The summed E-state index contributed by atoms with van der Waals surface area (Å²) in [5.41, 5.74) is 5.26. The molecule has 0 radical (unpaired) electrons. The van der Waals surface area contributed by atoms with Crippen molar-refractivity contribution < 1.29 is 13.2 Å². The van der Waals surface area contributed by atoms with Gasteiger partial charge in [0.1, 0.15) is 5.75 Å². The summed E-state index contributed by atoms with van der Waals surface area (Å²) >= 11 is 0. The van der Waals surface area contributed by atoms with Crippen LogP contribution in [0.5, 0.6) is 0 Å². The van der Waals surface area contributed by atoms with Gasteiger partial charge >= 0.3 is 0 Å². The second-order valence-electron chi connectivity index (χ2n) is 4.39. The highest BCUT2D eigenvalue weighted by Gasteiger charge is 2.22. The number of hydrogen-bond acceptors (Lipinski definition) is 4. The Kier molecular flexibility index (Phi) is 6.59. The largest absolute Gasteiger partial charge is 0.355 e. The predicted octanol–water partition coefficient (Wildman–Crippen LogP) is -0.0893. The van der Waals surface area contributed by atoms with Gasteiger partial charge in [-0.15, -0.1) is 0 Å². The van der Waals surface area contributed by atoms with E-state index in [1.54, 1.807) is 0 Å². The van der Waals surface area contributed by atoms with Gasteiger partial charge in [-0.2, -0.15) is 0 Å². The Bertz CT molecular complexity index is 312. The van der Waals surface area contributed by atoms with Crippen molar-refractivity contribution in [2.45, 2.75) is 32.4 Å². The fourth-order valence-electron chi connectivity index (χ4n) is 1.02. The molecule has 0 aromatic rings. The molecule has 0 saturated heterocycles. The number of nitrogens with two attached hydrogens (primary N) is 1. The molecule has 0 saturated carbocycles. The minimum Gasteiger partial charge on any atom is -0.355 e. The van der Waals surface area contributed by atoms with E-state index < -0.39 is 26.7 Å². The Hall–Kier alpha value is -0.620. The van der Waals surface area contributed by atoms with E-state index >= 15 is 0 Å². The van der Waals surface area contributed by atoms with E-state index in [1.807, 2.05) is 13.8 Å². The van der Waals surface area contributed by atoms with Crippen molar-refractivity contribution in [3.8, 4) is 0 Å². The standard InChI is InChI=1S/C10H22N2O3S/c1-8(2)4-5-12-10(13)7-16(14,15)9(3)6-11/h8-9H,4-7,11H2,1-3H3,(H,12,13). The van der Waals surface area contributed by atoms with Gasteiger partial charge in [-0.1, -0.05) is 13.8 Å². The SMILES string of the molecule is CC(C)CCNC(=O)CS(=O)(=O)C(C)CN. The highest BCUT2D eigenvalue weighted by Crippen LogP contribution is 2.00. The van der Waals surface area contributed by atoms with Crippen molar-refractivity contribution in [3.05, 3.63) is 0 Å². The van der Waals surface area contributed by atoms with Crippen molar-refractivity contribution in [2.75, 3.05) is 18.8 Å². The molecule has 3 N–H and O–H groups in total. The van der Waals surface area contributed by atoms with Crippen molar-refractivity contribution in [2.24, 2.45) is 11.7 Å². The lowest BCUT2D eigenvalue weighted by molar-refractivity contribution is -0.118. The minimum absolute atomic E-state index is 0.0433. The molecule has 16 heavy (non-hydrogen) atoms. The number of carbonyl (C=O) groups excluding carboxylic acids is 1. The second-order valence-corrected chi connectivity index (χ2v) is 6.81. The Morgan fingerprint density at radius 1 is 1.31 bits per heavy atom. The molecule has 0 spiro atoms. The lowest BCUT2D eigenvalue weighted by atomic mass is 10.1. The van der Waals surface area contributed by atoms with E-state index in [-0.39, 0.29) is 6.54 Å². The van der Waals surface area contributed by atoms with Crippen molar-refractivity contribution in [1.82, 2.24) is 5.32 Å². The first-order valence-electron chi connectivity index (χ1n) is 5.48. The quantitative estimate of drug-likeness (QED) is 0.661. The van der Waals surface area contributed by atoms with Gasteiger partial charge < -0.3 is 11.1 Å². The molecule has 0 aromatic heterocycles. The summed E-state index contributed by atoms with van der Waals surface area (Å²) in [7, 11) is -3.40. The molecule has 0 aromatic carbocycles. The normalized spacial score (nSPS) is 13.8. The minimum atomic E-state index is -3.40. The third kappa shape index (κ3) is 6.07. The van der Waals surface area contributed by atoms with Gasteiger partial charge in [0.15, 0.2) is 9.84 Å². The van der Waals surface area contributed by atoms with Gasteiger partial charge in [-0.3, -0.25) is 4.79 Å². The summed E-state index contributed by atoms with van der Waals surface area (Å²) < 4.78 is 23.1. The number of amides is 1. The van der Waals surface area contributed by atoms with Crippen molar-refractivity contribution >= 4 is 15.7 Å². The van der Waals surface area contributed by atoms with E-state index in [1.165, 1.54) is 6.92 Å². The third-order valence-electron chi connectivity index (χ3n) is 2.32. The molecule has 1 unspecified atom stereocenters. The molecule has 1 atom stereocenters. The summed E-state index contributed by atoms with van der Waals surface area (Å²) in [6, 6.07) is 0. The zero-order chi connectivity index (χ0) is 12.8. The molecule has 96 valence electrons. The van der Waals surface area contributed by atoms with E-state index in [4.69, 9.17) is 5.73 Å². The molecular weight excluding hydrogens is 228 g/mol. The maximum Gasteiger partial charge on any atom is 0.235 e. The summed E-state index contributed by atoms with van der Waals surface area (Å²) in [4.78, 5) is 11.3. The zero-order valence-corrected chi connectivity index (χ0v) is 11.0. The Morgan fingerprint density at radius 3 is 2.31 bits per heavy atom. The molecule has 0 aliphatic rings. The number of hydrogen-bond donors (Lipinski definition) is 2. The zero-order valence-electron chi connectivity index (χ0n) is 10.2. The smallest absolute Gasteiger partial charge is 0.235 e. The second kappa shape index (κ2) is 6.85. The van der Waals surface area contributed by atoms with E-state index in [2.05, 4.69) is 5.32 Å². The topological polar surface area (TPSA) is 89.3 Å². The van der Waals surface area contributed by atoms with Gasteiger partial charge in [0.2, 0.25) is 5.91 Å². The molecule has 0 bridgehead atoms. The number of rotatable bonds is 7. The molecule has 0 rings (SSSR count). The van der Waals surface area contributed by atoms with Crippen LogP contribution < -0.4 is 11.1 Å². The Labute approximate surface area is 97.7 Å². The Balaban J connectivity index is 4.05. The number of sulfone groups is 1. The van der Waals surface area contributed by atoms with Crippen molar-refractivity contribution in [3.63, 3.8) is 0 Å². The molecular formula is C10H22N2O3S. The molecule has 1 amide bonds. The van der Waals surface area contributed by atoms with Crippen LogP contribution in [0, 0.1) is 5.92 Å². The van der Waals surface area contributed by atoms with Gasteiger partial charge in [-0.05, 0) is 19.3 Å². The van der Waals surface area contributed by atoms with Crippen LogP contribution in [0.15, 0.2) is 0 Å². The maximum absolute atomic E-state index is 11.5. The lowest BCUT2D eigenvalue weighted by Crippen LogP contribution is -2.37. The van der Waals surface area contributed by atoms with Crippen LogP contribution in [-0.4, -0.2) is 38.4 Å². The third-order valence-corrected chi connectivity index (χ3v) is 4.40. The monoisotopic (exact) mass is 250 g/mol. The van der Waals surface area contributed by atoms with Gasteiger partial charge in [0.05, 0.1) is 5.25 Å². The van der Waals surface area contributed by atoms with E-state index in [0.717, 1.165) is 6.42 Å².